The molecule has 4 nitrogen and oxygen atoms in total. The van der Waals surface area contributed by atoms with Crippen LogP contribution in [0.25, 0.3) is 0 Å². The zero-order valence-corrected chi connectivity index (χ0v) is 13.7. The van der Waals surface area contributed by atoms with Crippen LogP contribution in [0.3, 0.4) is 0 Å². The number of rotatable bonds is 4. The summed E-state index contributed by atoms with van der Waals surface area (Å²) in [4.78, 5) is 17.2. The SMILES string of the molecule is CCN(C)C[C@H]1CCN(C(=O)[C@@H]2Cc3ccccc3CN2)C1. The molecule has 1 amide bonds. The summed E-state index contributed by atoms with van der Waals surface area (Å²) in [6, 6.07) is 8.39. The molecule has 0 aliphatic carbocycles. The van der Waals surface area contributed by atoms with Gasteiger partial charge >= 0.3 is 0 Å². The number of fused-ring (bicyclic) bond motifs is 1. The Hall–Kier alpha value is -1.39. The summed E-state index contributed by atoms with van der Waals surface area (Å²) in [6.07, 6.45) is 1.96. The summed E-state index contributed by atoms with van der Waals surface area (Å²) in [5.41, 5.74) is 2.65. The van der Waals surface area contributed by atoms with Gasteiger partial charge in [0.05, 0.1) is 6.04 Å². The van der Waals surface area contributed by atoms with E-state index in [1.165, 1.54) is 11.1 Å². The first kappa shape index (κ1) is 15.5. The van der Waals surface area contributed by atoms with Crippen LogP contribution in [0.5, 0.6) is 0 Å². The van der Waals surface area contributed by atoms with E-state index in [0.29, 0.717) is 5.92 Å². The predicted molar refractivity (Wildman–Crippen MR) is 88.6 cm³/mol. The number of carbonyl (C=O) groups is 1. The van der Waals surface area contributed by atoms with Gasteiger partial charge in [0.25, 0.3) is 0 Å². The highest BCUT2D eigenvalue weighted by atomic mass is 16.2. The van der Waals surface area contributed by atoms with E-state index in [2.05, 4.69) is 53.4 Å². The van der Waals surface area contributed by atoms with Crippen molar-refractivity contribution < 1.29 is 4.79 Å². The molecule has 0 radical (unpaired) electrons. The second-order valence-corrected chi connectivity index (χ2v) is 6.70. The summed E-state index contributed by atoms with van der Waals surface area (Å²) in [6.45, 7) is 7.00. The van der Waals surface area contributed by atoms with Gasteiger partial charge in [-0.25, -0.2) is 0 Å². The number of likely N-dealkylation sites (tertiary alicyclic amines) is 1. The standard InChI is InChI=1S/C18H27N3O/c1-3-20(2)12-14-8-9-21(13-14)18(22)17-10-15-6-4-5-7-16(15)11-19-17/h4-7,14,17,19H,3,8-13H2,1-2H3/t14-,17+/m1/s1. The van der Waals surface area contributed by atoms with Gasteiger partial charge in [0, 0.05) is 26.2 Å². The highest BCUT2D eigenvalue weighted by Gasteiger charge is 2.32. The number of hydrogen-bond acceptors (Lipinski definition) is 3. The second kappa shape index (κ2) is 6.80. The normalized spacial score (nSPS) is 24.6. The third-order valence-electron chi connectivity index (χ3n) is 5.09. The second-order valence-electron chi connectivity index (χ2n) is 6.70. The average molecular weight is 301 g/mol. The van der Waals surface area contributed by atoms with Crippen molar-refractivity contribution in [2.75, 3.05) is 33.2 Å². The molecule has 2 atom stereocenters. The fraction of sp³-hybridized carbons (Fsp3) is 0.611. The Morgan fingerprint density at radius 1 is 1.36 bits per heavy atom. The first-order chi connectivity index (χ1) is 10.7. The number of hydrogen-bond donors (Lipinski definition) is 1. The van der Waals surface area contributed by atoms with Crippen LogP contribution in [0.4, 0.5) is 0 Å². The Balaban J connectivity index is 1.57. The lowest BCUT2D eigenvalue weighted by atomic mass is 9.95. The number of nitrogens with one attached hydrogen (secondary N) is 1. The number of carbonyl (C=O) groups excluding carboxylic acids is 1. The van der Waals surface area contributed by atoms with Gasteiger partial charge in [-0.15, -0.1) is 0 Å². The Labute approximate surface area is 133 Å². The maximum atomic E-state index is 12.8. The van der Waals surface area contributed by atoms with Crippen LogP contribution in [0.15, 0.2) is 24.3 Å². The van der Waals surface area contributed by atoms with Crippen molar-refractivity contribution in [3.63, 3.8) is 0 Å². The zero-order chi connectivity index (χ0) is 15.5. The summed E-state index contributed by atoms with van der Waals surface area (Å²) < 4.78 is 0. The molecule has 1 aromatic rings. The lowest BCUT2D eigenvalue weighted by Crippen LogP contribution is -2.49. The molecular formula is C18H27N3O. The van der Waals surface area contributed by atoms with E-state index in [1.807, 2.05) is 0 Å². The van der Waals surface area contributed by atoms with Gasteiger partial charge in [0.2, 0.25) is 5.91 Å². The molecule has 0 unspecified atom stereocenters. The minimum atomic E-state index is -0.0439. The third-order valence-corrected chi connectivity index (χ3v) is 5.09. The monoisotopic (exact) mass is 301 g/mol. The van der Waals surface area contributed by atoms with Crippen molar-refractivity contribution in [3.8, 4) is 0 Å². The Morgan fingerprint density at radius 3 is 2.91 bits per heavy atom. The molecule has 2 aliphatic heterocycles. The van der Waals surface area contributed by atoms with E-state index in [-0.39, 0.29) is 11.9 Å². The molecular weight excluding hydrogens is 274 g/mol. The lowest BCUT2D eigenvalue weighted by molar-refractivity contribution is -0.132. The predicted octanol–water partition coefficient (Wildman–Crippen LogP) is 1.50. The van der Waals surface area contributed by atoms with E-state index in [1.54, 1.807) is 0 Å². The van der Waals surface area contributed by atoms with Crippen LogP contribution < -0.4 is 5.32 Å². The quantitative estimate of drug-likeness (QED) is 0.915. The van der Waals surface area contributed by atoms with Gasteiger partial charge in [-0.3, -0.25) is 4.79 Å². The summed E-state index contributed by atoms with van der Waals surface area (Å²) >= 11 is 0. The fourth-order valence-electron chi connectivity index (χ4n) is 3.60. The van der Waals surface area contributed by atoms with Crippen LogP contribution >= 0.6 is 0 Å². The van der Waals surface area contributed by atoms with Crippen molar-refractivity contribution in [1.29, 1.82) is 0 Å². The largest absolute Gasteiger partial charge is 0.341 e. The van der Waals surface area contributed by atoms with Crippen molar-refractivity contribution in [2.24, 2.45) is 5.92 Å². The van der Waals surface area contributed by atoms with Crippen molar-refractivity contribution in [2.45, 2.75) is 32.4 Å². The molecule has 1 aromatic carbocycles. The Bertz CT molecular complexity index is 531. The molecule has 2 heterocycles. The maximum Gasteiger partial charge on any atom is 0.240 e. The molecule has 0 saturated carbocycles. The van der Waals surface area contributed by atoms with Gasteiger partial charge < -0.3 is 15.1 Å². The zero-order valence-electron chi connectivity index (χ0n) is 13.7. The van der Waals surface area contributed by atoms with Gasteiger partial charge in [0.1, 0.15) is 0 Å². The van der Waals surface area contributed by atoms with E-state index in [0.717, 1.165) is 45.6 Å². The minimum absolute atomic E-state index is 0.0439. The summed E-state index contributed by atoms with van der Waals surface area (Å²) in [5.74, 6) is 0.918. The van der Waals surface area contributed by atoms with Crippen LogP contribution in [0, 0.1) is 5.92 Å². The van der Waals surface area contributed by atoms with Gasteiger partial charge in [0.15, 0.2) is 0 Å². The molecule has 1 fully saturated rings. The maximum absolute atomic E-state index is 12.8. The Morgan fingerprint density at radius 2 is 2.14 bits per heavy atom. The van der Waals surface area contributed by atoms with E-state index in [9.17, 15) is 4.79 Å². The molecule has 2 aliphatic rings. The number of nitrogens with zero attached hydrogens (tertiary/aromatic N) is 2. The summed E-state index contributed by atoms with van der Waals surface area (Å²) in [5, 5.41) is 3.42. The average Bonchev–Trinajstić information content (AvgIpc) is 3.02. The molecule has 3 rings (SSSR count). The van der Waals surface area contributed by atoms with Crippen molar-refractivity contribution in [3.05, 3.63) is 35.4 Å². The van der Waals surface area contributed by atoms with E-state index in [4.69, 9.17) is 0 Å². The molecule has 22 heavy (non-hydrogen) atoms. The minimum Gasteiger partial charge on any atom is -0.341 e. The van der Waals surface area contributed by atoms with E-state index >= 15 is 0 Å². The van der Waals surface area contributed by atoms with Crippen LogP contribution in [0.1, 0.15) is 24.5 Å². The number of amides is 1. The molecule has 1 saturated heterocycles. The van der Waals surface area contributed by atoms with Gasteiger partial charge in [-0.1, -0.05) is 31.2 Å². The Kier molecular flexibility index (Phi) is 4.79. The smallest absolute Gasteiger partial charge is 0.240 e. The van der Waals surface area contributed by atoms with Crippen LogP contribution in [-0.4, -0.2) is 55.0 Å². The lowest BCUT2D eigenvalue weighted by Gasteiger charge is -2.29. The molecule has 120 valence electrons. The molecule has 0 aromatic heterocycles. The van der Waals surface area contributed by atoms with Gasteiger partial charge in [-0.05, 0) is 43.5 Å². The van der Waals surface area contributed by atoms with E-state index < -0.39 is 0 Å². The van der Waals surface area contributed by atoms with Crippen molar-refractivity contribution in [1.82, 2.24) is 15.1 Å². The third kappa shape index (κ3) is 3.33. The van der Waals surface area contributed by atoms with Crippen LogP contribution in [-0.2, 0) is 17.8 Å². The fourth-order valence-corrected chi connectivity index (χ4v) is 3.60. The molecule has 0 spiro atoms. The first-order valence-electron chi connectivity index (χ1n) is 8.45. The molecule has 0 bridgehead atoms. The summed E-state index contributed by atoms with van der Waals surface area (Å²) in [7, 11) is 2.16. The first-order valence-corrected chi connectivity index (χ1v) is 8.45. The molecule has 4 heteroatoms. The highest BCUT2D eigenvalue weighted by molar-refractivity contribution is 5.82. The topological polar surface area (TPSA) is 35.6 Å². The van der Waals surface area contributed by atoms with Gasteiger partial charge in [-0.2, -0.15) is 0 Å². The van der Waals surface area contributed by atoms with Crippen LogP contribution in [0.2, 0.25) is 0 Å². The molecule has 1 N–H and O–H groups in total. The van der Waals surface area contributed by atoms with Crippen molar-refractivity contribution >= 4 is 5.91 Å². The number of benzene rings is 1. The highest BCUT2D eigenvalue weighted by Crippen LogP contribution is 2.21.